The molecule has 0 saturated heterocycles. The predicted molar refractivity (Wildman–Crippen MR) is 84.9 cm³/mol. The fourth-order valence-electron chi connectivity index (χ4n) is 2.09. The van der Waals surface area contributed by atoms with E-state index in [1.165, 1.54) is 6.92 Å². The summed E-state index contributed by atoms with van der Waals surface area (Å²) in [5, 5.41) is 11.5. The minimum Gasteiger partial charge on any atom is -0.480 e. The zero-order valence-electron chi connectivity index (χ0n) is 13.9. The van der Waals surface area contributed by atoms with Crippen LogP contribution in [0, 0.1) is 0 Å². The number of hydrogen-bond donors (Lipinski definition) is 2. The second-order valence-electron chi connectivity index (χ2n) is 6.38. The Morgan fingerprint density at radius 3 is 2.35 bits per heavy atom. The normalized spacial score (nSPS) is 12.3. The van der Waals surface area contributed by atoms with Gasteiger partial charge in [-0.2, -0.15) is 0 Å². The Bertz CT molecular complexity index is 589. The van der Waals surface area contributed by atoms with Gasteiger partial charge in [-0.1, -0.05) is 24.3 Å². The summed E-state index contributed by atoms with van der Waals surface area (Å²) in [6, 6.07) is 6.05. The monoisotopic (exact) mass is 321 g/mol. The quantitative estimate of drug-likeness (QED) is 0.778. The molecule has 23 heavy (non-hydrogen) atoms. The van der Waals surface area contributed by atoms with Gasteiger partial charge in [0.1, 0.15) is 11.6 Å². The van der Waals surface area contributed by atoms with Crippen molar-refractivity contribution in [2.45, 2.75) is 52.2 Å². The standard InChI is InChI=1S/C17H23NO5/c1-11(19)18-14(16(21)22)9-12-6-5-7-13(8-12)10-15(20)23-17(2,3)4/h5-8,14H,9-10H2,1-4H3,(H,18,19)(H,21,22)/t14-/m0/s1. The van der Waals surface area contributed by atoms with Crippen LogP contribution in [0.25, 0.3) is 0 Å². The van der Waals surface area contributed by atoms with Crippen LogP contribution >= 0.6 is 0 Å². The summed E-state index contributed by atoms with van der Waals surface area (Å²) in [5.74, 6) is -1.84. The van der Waals surface area contributed by atoms with Crippen molar-refractivity contribution in [2.24, 2.45) is 0 Å². The molecule has 2 N–H and O–H groups in total. The average Bonchev–Trinajstić information content (AvgIpc) is 2.35. The molecule has 0 radical (unpaired) electrons. The smallest absolute Gasteiger partial charge is 0.326 e. The minimum absolute atomic E-state index is 0.114. The number of ether oxygens (including phenoxy) is 1. The van der Waals surface area contributed by atoms with Gasteiger partial charge in [0.2, 0.25) is 5.91 Å². The van der Waals surface area contributed by atoms with Gasteiger partial charge < -0.3 is 15.2 Å². The zero-order chi connectivity index (χ0) is 17.6. The van der Waals surface area contributed by atoms with E-state index in [1.54, 1.807) is 45.0 Å². The first-order valence-electron chi connectivity index (χ1n) is 7.36. The van der Waals surface area contributed by atoms with Crippen molar-refractivity contribution < 1.29 is 24.2 Å². The van der Waals surface area contributed by atoms with E-state index in [-0.39, 0.29) is 18.8 Å². The van der Waals surface area contributed by atoms with Gasteiger partial charge in [0.05, 0.1) is 6.42 Å². The molecule has 1 rings (SSSR count). The van der Waals surface area contributed by atoms with E-state index in [1.807, 2.05) is 0 Å². The Kier molecular flexibility index (Phi) is 6.30. The zero-order valence-corrected chi connectivity index (χ0v) is 13.9. The molecule has 0 aliphatic carbocycles. The third-order valence-corrected chi connectivity index (χ3v) is 2.88. The molecule has 0 saturated carbocycles. The van der Waals surface area contributed by atoms with Crippen LogP contribution in [0.4, 0.5) is 0 Å². The van der Waals surface area contributed by atoms with Crippen LogP contribution in [0.3, 0.4) is 0 Å². The number of hydrogen-bond acceptors (Lipinski definition) is 4. The maximum absolute atomic E-state index is 11.8. The van der Waals surface area contributed by atoms with E-state index in [4.69, 9.17) is 9.84 Å². The van der Waals surface area contributed by atoms with Crippen molar-refractivity contribution in [2.75, 3.05) is 0 Å². The fraction of sp³-hybridized carbons (Fsp3) is 0.471. The van der Waals surface area contributed by atoms with E-state index < -0.39 is 23.5 Å². The minimum atomic E-state index is -1.10. The van der Waals surface area contributed by atoms with Crippen LogP contribution < -0.4 is 5.32 Å². The van der Waals surface area contributed by atoms with Gasteiger partial charge in [-0.05, 0) is 31.9 Å². The van der Waals surface area contributed by atoms with E-state index in [0.29, 0.717) is 0 Å². The molecule has 0 spiro atoms. The lowest BCUT2D eigenvalue weighted by atomic mass is 10.0. The Hall–Kier alpha value is -2.37. The highest BCUT2D eigenvalue weighted by Crippen LogP contribution is 2.12. The predicted octanol–water partition coefficient (Wildman–Crippen LogP) is 1.70. The third kappa shape index (κ3) is 7.44. The van der Waals surface area contributed by atoms with E-state index in [9.17, 15) is 14.4 Å². The number of carboxylic acids is 1. The van der Waals surface area contributed by atoms with Gasteiger partial charge in [0, 0.05) is 13.3 Å². The van der Waals surface area contributed by atoms with E-state index in [0.717, 1.165) is 11.1 Å². The molecule has 0 unspecified atom stereocenters. The van der Waals surface area contributed by atoms with Gasteiger partial charge in [0.15, 0.2) is 0 Å². The Balaban J connectivity index is 2.78. The number of esters is 1. The molecule has 6 heteroatoms. The lowest BCUT2D eigenvalue weighted by Gasteiger charge is -2.19. The first-order chi connectivity index (χ1) is 10.6. The van der Waals surface area contributed by atoms with Gasteiger partial charge in [-0.15, -0.1) is 0 Å². The summed E-state index contributed by atoms with van der Waals surface area (Å²) < 4.78 is 5.26. The van der Waals surface area contributed by atoms with Crippen molar-refractivity contribution >= 4 is 17.8 Å². The largest absolute Gasteiger partial charge is 0.480 e. The molecular formula is C17H23NO5. The van der Waals surface area contributed by atoms with Crippen molar-refractivity contribution in [1.82, 2.24) is 5.32 Å². The molecule has 6 nitrogen and oxygen atoms in total. The number of aliphatic carboxylic acids is 1. The van der Waals surface area contributed by atoms with Crippen LogP contribution in [0.2, 0.25) is 0 Å². The molecule has 1 aromatic rings. The van der Waals surface area contributed by atoms with Crippen molar-refractivity contribution in [3.05, 3.63) is 35.4 Å². The molecule has 1 aromatic carbocycles. The van der Waals surface area contributed by atoms with Gasteiger partial charge in [0.25, 0.3) is 0 Å². The summed E-state index contributed by atoms with van der Waals surface area (Å²) in [6.07, 6.45) is 0.264. The van der Waals surface area contributed by atoms with E-state index in [2.05, 4.69) is 5.32 Å². The SMILES string of the molecule is CC(=O)N[C@@H](Cc1cccc(CC(=O)OC(C)(C)C)c1)C(=O)O. The number of benzene rings is 1. The molecule has 0 aliphatic rings. The first-order valence-corrected chi connectivity index (χ1v) is 7.36. The van der Waals surface area contributed by atoms with Gasteiger partial charge in [-0.25, -0.2) is 4.79 Å². The second-order valence-corrected chi connectivity index (χ2v) is 6.38. The van der Waals surface area contributed by atoms with Crippen molar-refractivity contribution in [3.8, 4) is 0 Å². The highest BCUT2D eigenvalue weighted by molar-refractivity contribution is 5.82. The third-order valence-electron chi connectivity index (χ3n) is 2.88. The Morgan fingerprint density at radius 2 is 1.83 bits per heavy atom. The Labute approximate surface area is 135 Å². The second kappa shape index (κ2) is 7.76. The van der Waals surface area contributed by atoms with Crippen LogP contribution in [-0.4, -0.2) is 34.6 Å². The lowest BCUT2D eigenvalue weighted by molar-refractivity contribution is -0.154. The average molecular weight is 321 g/mol. The fourth-order valence-corrected chi connectivity index (χ4v) is 2.09. The highest BCUT2D eigenvalue weighted by atomic mass is 16.6. The number of rotatable bonds is 6. The molecule has 0 fully saturated rings. The topological polar surface area (TPSA) is 92.7 Å². The maximum Gasteiger partial charge on any atom is 0.326 e. The van der Waals surface area contributed by atoms with Crippen molar-refractivity contribution in [3.63, 3.8) is 0 Å². The van der Waals surface area contributed by atoms with E-state index >= 15 is 0 Å². The molecule has 1 amide bonds. The summed E-state index contributed by atoms with van der Waals surface area (Å²) in [6.45, 7) is 6.67. The molecule has 0 bridgehead atoms. The highest BCUT2D eigenvalue weighted by Gasteiger charge is 2.20. The van der Waals surface area contributed by atoms with Crippen LogP contribution in [0.5, 0.6) is 0 Å². The molecule has 1 atom stereocenters. The molecule has 126 valence electrons. The Morgan fingerprint density at radius 1 is 1.22 bits per heavy atom. The van der Waals surface area contributed by atoms with Crippen molar-refractivity contribution in [1.29, 1.82) is 0 Å². The summed E-state index contributed by atoms with van der Waals surface area (Å²) in [4.78, 5) is 34.1. The maximum atomic E-state index is 11.8. The molecule has 0 aromatic heterocycles. The number of carboxylic acid groups (broad SMARTS) is 1. The number of carbonyl (C=O) groups excluding carboxylic acids is 2. The number of nitrogens with one attached hydrogen (secondary N) is 1. The van der Waals surface area contributed by atoms with Crippen LogP contribution in [0.15, 0.2) is 24.3 Å². The van der Waals surface area contributed by atoms with Gasteiger partial charge >= 0.3 is 11.9 Å². The molecular weight excluding hydrogens is 298 g/mol. The summed E-state index contributed by atoms with van der Waals surface area (Å²) in [5.41, 5.74) is 0.921. The summed E-state index contributed by atoms with van der Waals surface area (Å²) in [7, 11) is 0. The first kappa shape index (κ1) is 18.7. The summed E-state index contributed by atoms with van der Waals surface area (Å²) >= 11 is 0. The van der Waals surface area contributed by atoms with Crippen LogP contribution in [-0.2, 0) is 32.0 Å². The lowest BCUT2D eigenvalue weighted by Crippen LogP contribution is -2.41. The van der Waals surface area contributed by atoms with Gasteiger partial charge in [-0.3, -0.25) is 9.59 Å². The molecule has 0 aliphatic heterocycles. The van der Waals surface area contributed by atoms with Crippen LogP contribution in [0.1, 0.15) is 38.8 Å². The molecule has 0 heterocycles. The number of amides is 1. The number of carbonyl (C=O) groups is 3.